The average molecular weight is 279 g/mol. The summed E-state index contributed by atoms with van der Waals surface area (Å²) in [5, 5.41) is 2.13. The summed E-state index contributed by atoms with van der Waals surface area (Å²) in [5.74, 6) is -3.13. The van der Waals surface area contributed by atoms with Gasteiger partial charge >= 0.3 is 0 Å². The van der Waals surface area contributed by atoms with Crippen LogP contribution in [0.15, 0.2) is 18.2 Å². The van der Waals surface area contributed by atoms with Crippen molar-refractivity contribution in [2.24, 2.45) is 0 Å². The third-order valence-corrected chi connectivity index (χ3v) is 2.40. The lowest BCUT2D eigenvalue weighted by molar-refractivity contribution is -0.138. The first-order valence-electron chi connectivity index (χ1n) is 5.48. The highest BCUT2D eigenvalue weighted by molar-refractivity contribution is 5.81. The van der Waals surface area contributed by atoms with Crippen molar-refractivity contribution in [3.63, 3.8) is 0 Å². The molecule has 7 heteroatoms. The van der Waals surface area contributed by atoms with E-state index in [9.17, 15) is 22.4 Å². The fourth-order valence-corrected chi connectivity index (χ4v) is 1.36. The number of nitrogens with one attached hydrogen (secondary N) is 1. The minimum atomic E-state index is -2.42. The summed E-state index contributed by atoms with van der Waals surface area (Å²) in [6.07, 6.45) is -4.59. The van der Waals surface area contributed by atoms with Crippen molar-refractivity contribution in [2.45, 2.75) is 19.0 Å². The summed E-state index contributed by atoms with van der Waals surface area (Å²) in [5.41, 5.74) is 0.429. The van der Waals surface area contributed by atoms with Gasteiger partial charge in [0.15, 0.2) is 11.6 Å². The number of ether oxygens (including phenoxy) is 1. The van der Waals surface area contributed by atoms with Crippen LogP contribution in [0.2, 0.25) is 0 Å². The van der Waals surface area contributed by atoms with Gasteiger partial charge in [0, 0.05) is 13.7 Å². The fourth-order valence-electron chi connectivity index (χ4n) is 1.36. The molecule has 0 aromatic heterocycles. The molecule has 0 fully saturated rings. The van der Waals surface area contributed by atoms with E-state index in [1.165, 1.54) is 6.07 Å². The summed E-state index contributed by atoms with van der Waals surface area (Å²) in [4.78, 5) is 11.1. The Bertz CT molecular complexity index is 442. The first kappa shape index (κ1) is 15.4. The van der Waals surface area contributed by atoms with E-state index < -0.39 is 30.1 Å². The molecule has 106 valence electrons. The van der Waals surface area contributed by atoms with E-state index in [0.29, 0.717) is 5.56 Å². The third kappa shape index (κ3) is 4.51. The van der Waals surface area contributed by atoms with Crippen LogP contribution in [0.3, 0.4) is 0 Å². The highest BCUT2D eigenvalue weighted by Gasteiger charge is 2.27. The molecule has 1 aromatic rings. The zero-order chi connectivity index (χ0) is 14.4. The molecule has 1 N–H and O–H groups in total. The van der Waals surface area contributed by atoms with Gasteiger partial charge in [-0.3, -0.25) is 4.79 Å². The second kappa shape index (κ2) is 7.08. The van der Waals surface area contributed by atoms with Crippen LogP contribution in [-0.4, -0.2) is 32.1 Å². The molecule has 1 amide bonds. The van der Waals surface area contributed by atoms with Crippen LogP contribution >= 0.6 is 0 Å². The predicted molar refractivity (Wildman–Crippen MR) is 59.9 cm³/mol. The highest BCUT2D eigenvalue weighted by Crippen LogP contribution is 2.09. The number of amides is 1. The van der Waals surface area contributed by atoms with Gasteiger partial charge in [0.2, 0.25) is 12.5 Å². The highest BCUT2D eigenvalue weighted by atomic mass is 19.2. The minimum Gasteiger partial charge on any atom is -0.353 e. The van der Waals surface area contributed by atoms with Crippen molar-refractivity contribution < 1.29 is 27.1 Å². The Morgan fingerprint density at radius 2 is 2.00 bits per heavy atom. The largest absolute Gasteiger partial charge is 0.353 e. The van der Waals surface area contributed by atoms with E-state index in [0.717, 1.165) is 19.2 Å². The molecule has 0 saturated carbocycles. The SMILES string of the molecule is COC(F)C(F)C(=O)NCCc1ccc(F)c(F)c1. The van der Waals surface area contributed by atoms with E-state index in [-0.39, 0.29) is 13.0 Å². The molecule has 0 aliphatic heterocycles. The summed E-state index contributed by atoms with van der Waals surface area (Å²) in [6, 6.07) is 3.26. The Hall–Kier alpha value is -1.63. The van der Waals surface area contributed by atoms with Gasteiger partial charge < -0.3 is 10.1 Å². The molecule has 0 radical (unpaired) electrons. The van der Waals surface area contributed by atoms with Crippen LogP contribution in [0.4, 0.5) is 17.6 Å². The van der Waals surface area contributed by atoms with Gasteiger partial charge in [-0.2, -0.15) is 0 Å². The van der Waals surface area contributed by atoms with E-state index in [1.807, 2.05) is 0 Å². The Morgan fingerprint density at radius 1 is 1.32 bits per heavy atom. The molecule has 2 unspecified atom stereocenters. The Morgan fingerprint density at radius 3 is 2.58 bits per heavy atom. The maximum Gasteiger partial charge on any atom is 0.260 e. The Labute approximate surface area is 107 Å². The van der Waals surface area contributed by atoms with Crippen molar-refractivity contribution in [1.82, 2.24) is 5.32 Å². The maximum absolute atomic E-state index is 13.0. The van der Waals surface area contributed by atoms with Gasteiger partial charge in [0.05, 0.1) is 0 Å². The van der Waals surface area contributed by atoms with E-state index in [1.54, 1.807) is 0 Å². The van der Waals surface area contributed by atoms with Crippen molar-refractivity contribution >= 4 is 5.91 Å². The van der Waals surface area contributed by atoms with Crippen molar-refractivity contribution in [2.75, 3.05) is 13.7 Å². The van der Waals surface area contributed by atoms with Crippen LogP contribution in [0.25, 0.3) is 0 Å². The lowest BCUT2D eigenvalue weighted by atomic mass is 10.1. The molecule has 2 atom stereocenters. The van der Waals surface area contributed by atoms with E-state index in [4.69, 9.17) is 0 Å². The summed E-state index contributed by atoms with van der Waals surface area (Å²) in [7, 11) is 0.936. The van der Waals surface area contributed by atoms with Crippen LogP contribution in [-0.2, 0) is 16.0 Å². The molecule has 1 aromatic carbocycles. The van der Waals surface area contributed by atoms with Crippen LogP contribution < -0.4 is 5.32 Å². The summed E-state index contributed by atoms with van der Waals surface area (Å²) in [6.45, 7) is -0.0270. The Kier molecular flexibility index (Phi) is 5.75. The van der Waals surface area contributed by atoms with Crippen molar-refractivity contribution in [3.8, 4) is 0 Å². The van der Waals surface area contributed by atoms with Gasteiger partial charge in [-0.15, -0.1) is 0 Å². The molecule has 1 rings (SSSR count). The topological polar surface area (TPSA) is 38.3 Å². The number of hydrogen-bond acceptors (Lipinski definition) is 2. The lowest BCUT2D eigenvalue weighted by Gasteiger charge is -2.12. The fraction of sp³-hybridized carbons (Fsp3) is 0.417. The smallest absolute Gasteiger partial charge is 0.260 e. The monoisotopic (exact) mass is 279 g/mol. The molecular weight excluding hydrogens is 266 g/mol. The van der Waals surface area contributed by atoms with Gasteiger partial charge in [-0.25, -0.2) is 17.6 Å². The second-order valence-corrected chi connectivity index (χ2v) is 3.78. The molecule has 0 spiro atoms. The van der Waals surface area contributed by atoms with Gasteiger partial charge in [-0.1, -0.05) is 6.07 Å². The van der Waals surface area contributed by atoms with Crippen LogP contribution in [0.5, 0.6) is 0 Å². The third-order valence-electron chi connectivity index (χ3n) is 2.40. The molecular formula is C12H13F4NO2. The minimum absolute atomic E-state index is 0.0270. The lowest BCUT2D eigenvalue weighted by Crippen LogP contribution is -2.39. The van der Waals surface area contributed by atoms with E-state index in [2.05, 4.69) is 10.1 Å². The van der Waals surface area contributed by atoms with E-state index >= 15 is 0 Å². The standard InChI is InChI=1S/C12H13F4NO2/c1-19-11(16)10(15)12(18)17-5-4-7-2-3-8(13)9(14)6-7/h2-3,6,10-11H,4-5H2,1H3,(H,17,18). The number of carbonyl (C=O) groups is 1. The zero-order valence-electron chi connectivity index (χ0n) is 10.1. The van der Waals surface area contributed by atoms with Crippen molar-refractivity contribution in [3.05, 3.63) is 35.4 Å². The molecule has 0 aliphatic carbocycles. The number of methoxy groups -OCH3 is 1. The molecule has 0 saturated heterocycles. The predicted octanol–water partition coefficient (Wildman–Crippen LogP) is 1.90. The number of carbonyl (C=O) groups excluding carboxylic acids is 1. The molecule has 0 aliphatic rings. The van der Waals surface area contributed by atoms with Crippen LogP contribution in [0, 0.1) is 11.6 Å². The number of alkyl halides is 2. The number of rotatable bonds is 6. The molecule has 19 heavy (non-hydrogen) atoms. The molecule has 3 nitrogen and oxygen atoms in total. The normalized spacial score (nSPS) is 13.9. The van der Waals surface area contributed by atoms with Crippen LogP contribution in [0.1, 0.15) is 5.56 Å². The second-order valence-electron chi connectivity index (χ2n) is 3.78. The first-order valence-corrected chi connectivity index (χ1v) is 5.48. The number of hydrogen-bond donors (Lipinski definition) is 1. The maximum atomic E-state index is 13.0. The molecule has 0 heterocycles. The van der Waals surface area contributed by atoms with Gasteiger partial charge in [0.1, 0.15) is 0 Å². The Balaban J connectivity index is 2.41. The summed E-state index contributed by atoms with van der Waals surface area (Å²) >= 11 is 0. The average Bonchev–Trinajstić information content (AvgIpc) is 2.40. The molecule has 0 bridgehead atoms. The van der Waals surface area contributed by atoms with Gasteiger partial charge in [0.25, 0.3) is 5.91 Å². The first-order chi connectivity index (χ1) is 8.95. The quantitative estimate of drug-likeness (QED) is 0.808. The van der Waals surface area contributed by atoms with Crippen molar-refractivity contribution in [1.29, 1.82) is 0 Å². The number of halogens is 4. The van der Waals surface area contributed by atoms with Gasteiger partial charge in [-0.05, 0) is 24.1 Å². The zero-order valence-corrected chi connectivity index (χ0v) is 10.1. The number of benzene rings is 1. The summed E-state index contributed by atoms with van der Waals surface area (Å²) < 4.78 is 55.2.